The van der Waals surface area contributed by atoms with Gasteiger partial charge in [-0.3, -0.25) is 0 Å². The molecule has 0 fully saturated rings. The van der Waals surface area contributed by atoms with E-state index in [1.807, 2.05) is 0 Å². The van der Waals surface area contributed by atoms with Crippen LogP contribution in [0.1, 0.15) is 29.8 Å². The highest BCUT2D eigenvalue weighted by Gasteiger charge is 2.31. The van der Waals surface area contributed by atoms with Crippen molar-refractivity contribution in [2.75, 3.05) is 7.11 Å². The lowest BCUT2D eigenvalue weighted by atomic mass is 9.94. The molecule has 2 unspecified atom stereocenters. The number of fused-ring (bicyclic) bond motifs is 1. The molecule has 1 aliphatic rings. The number of aliphatic hydroxyl groups is 1. The number of aliphatic hydroxyl groups excluding tert-OH is 1. The summed E-state index contributed by atoms with van der Waals surface area (Å²) in [5.74, 6) is 0.507. The summed E-state index contributed by atoms with van der Waals surface area (Å²) in [7, 11) is 1.54. The van der Waals surface area contributed by atoms with Crippen molar-refractivity contribution < 1.29 is 19.0 Å². The van der Waals surface area contributed by atoms with Crippen LogP contribution < -0.4 is 9.47 Å². The maximum absolute atomic E-state index is 13.4. The van der Waals surface area contributed by atoms with Gasteiger partial charge in [0.05, 0.1) is 23.8 Å². The third kappa shape index (κ3) is 2.57. The number of hydrogen-bond acceptors (Lipinski definition) is 3. The first-order chi connectivity index (χ1) is 10.1. The minimum Gasteiger partial charge on any atom is -0.496 e. The number of ether oxygens (including phenoxy) is 2. The minimum absolute atomic E-state index is 0.332. The normalized spacial score (nSPS) is 20.6. The standard InChI is InChI=1S/C16H14ClFO3/c1-20-13-4-2-3-11(17)16(13)15-8-12(19)10-6-5-9(18)7-14(10)21-15/h2-7,12,15,19H,8H2,1H3. The Hall–Kier alpha value is -1.78. The third-order valence-electron chi connectivity index (χ3n) is 3.60. The molecule has 3 rings (SSSR count). The molecule has 0 amide bonds. The van der Waals surface area contributed by atoms with Gasteiger partial charge in [-0.2, -0.15) is 0 Å². The second-order valence-electron chi connectivity index (χ2n) is 4.90. The molecule has 0 bridgehead atoms. The molecule has 2 aromatic carbocycles. The van der Waals surface area contributed by atoms with Gasteiger partial charge in [0.15, 0.2) is 0 Å². The Morgan fingerprint density at radius 1 is 1.33 bits per heavy atom. The van der Waals surface area contributed by atoms with Crippen molar-refractivity contribution in [2.24, 2.45) is 0 Å². The molecular formula is C16H14ClFO3. The number of hydrogen-bond donors (Lipinski definition) is 1. The fourth-order valence-corrected chi connectivity index (χ4v) is 2.89. The molecule has 0 aromatic heterocycles. The highest BCUT2D eigenvalue weighted by molar-refractivity contribution is 6.31. The maximum Gasteiger partial charge on any atom is 0.132 e. The minimum atomic E-state index is -0.736. The molecule has 3 nitrogen and oxygen atoms in total. The van der Waals surface area contributed by atoms with Gasteiger partial charge in [-0.05, 0) is 24.3 Å². The first kappa shape index (κ1) is 14.2. The second-order valence-corrected chi connectivity index (χ2v) is 5.30. The molecule has 5 heteroatoms. The smallest absolute Gasteiger partial charge is 0.132 e. The van der Waals surface area contributed by atoms with E-state index in [1.54, 1.807) is 25.3 Å². The molecule has 0 spiro atoms. The van der Waals surface area contributed by atoms with E-state index in [2.05, 4.69) is 0 Å². The summed E-state index contributed by atoms with van der Waals surface area (Å²) in [5.41, 5.74) is 1.24. The van der Waals surface area contributed by atoms with Crippen LogP contribution in [0, 0.1) is 5.82 Å². The van der Waals surface area contributed by atoms with Gasteiger partial charge in [-0.1, -0.05) is 17.7 Å². The van der Waals surface area contributed by atoms with E-state index in [0.717, 1.165) is 0 Å². The molecule has 1 heterocycles. The molecule has 21 heavy (non-hydrogen) atoms. The lowest BCUT2D eigenvalue weighted by molar-refractivity contribution is 0.0642. The fourth-order valence-electron chi connectivity index (χ4n) is 2.60. The van der Waals surface area contributed by atoms with Crippen LogP contribution >= 0.6 is 11.6 Å². The van der Waals surface area contributed by atoms with E-state index in [4.69, 9.17) is 21.1 Å². The van der Waals surface area contributed by atoms with Crippen LogP contribution in [0.2, 0.25) is 5.02 Å². The summed E-state index contributed by atoms with van der Waals surface area (Å²) >= 11 is 6.23. The van der Waals surface area contributed by atoms with Crippen molar-refractivity contribution in [1.82, 2.24) is 0 Å². The van der Waals surface area contributed by atoms with Gasteiger partial charge in [0.25, 0.3) is 0 Å². The number of methoxy groups -OCH3 is 1. The van der Waals surface area contributed by atoms with Gasteiger partial charge in [-0.15, -0.1) is 0 Å². The van der Waals surface area contributed by atoms with Crippen LogP contribution in [0.3, 0.4) is 0 Å². The van der Waals surface area contributed by atoms with Gasteiger partial charge < -0.3 is 14.6 Å². The van der Waals surface area contributed by atoms with Crippen molar-refractivity contribution in [3.63, 3.8) is 0 Å². The molecule has 110 valence electrons. The SMILES string of the molecule is COc1cccc(Cl)c1C1CC(O)c2ccc(F)cc2O1. The Morgan fingerprint density at radius 3 is 2.90 bits per heavy atom. The summed E-state index contributed by atoms with van der Waals surface area (Å²) in [6.45, 7) is 0. The van der Waals surface area contributed by atoms with Crippen LogP contribution in [0.25, 0.3) is 0 Å². The molecule has 1 N–H and O–H groups in total. The van der Waals surface area contributed by atoms with Gasteiger partial charge in [0.1, 0.15) is 23.4 Å². The molecule has 2 aromatic rings. The first-order valence-corrected chi connectivity index (χ1v) is 6.94. The van der Waals surface area contributed by atoms with Gasteiger partial charge in [0, 0.05) is 18.1 Å². The van der Waals surface area contributed by atoms with Gasteiger partial charge in [0.2, 0.25) is 0 Å². The lowest BCUT2D eigenvalue weighted by Crippen LogP contribution is -2.20. The monoisotopic (exact) mass is 308 g/mol. The molecule has 0 radical (unpaired) electrons. The van der Waals surface area contributed by atoms with Crippen LogP contribution in [0.5, 0.6) is 11.5 Å². The topological polar surface area (TPSA) is 38.7 Å². The van der Waals surface area contributed by atoms with Crippen LogP contribution in [-0.4, -0.2) is 12.2 Å². The Bertz CT molecular complexity index is 675. The quantitative estimate of drug-likeness (QED) is 0.910. The van der Waals surface area contributed by atoms with E-state index in [-0.39, 0.29) is 0 Å². The predicted molar refractivity (Wildman–Crippen MR) is 77.3 cm³/mol. The summed E-state index contributed by atoms with van der Waals surface area (Å²) in [5, 5.41) is 10.7. The van der Waals surface area contributed by atoms with E-state index < -0.39 is 18.0 Å². The van der Waals surface area contributed by atoms with Crippen molar-refractivity contribution >= 4 is 11.6 Å². The Balaban J connectivity index is 2.03. The van der Waals surface area contributed by atoms with Crippen LogP contribution in [0.4, 0.5) is 4.39 Å². The zero-order valence-corrected chi connectivity index (χ0v) is 12.1. The molecule has 0 saturated heterocycles. The number of benzene rings is 2. The Kier molecular flexibility index (Phi) is 3.74. The highest BCUT2D eigenvalue weighted by atomic mass is 35.5. The summed E-state index contributed by atoms with van der Waals surface area (Å²) < 4.78 is 24.5. The first-order valence-electron chi connectivity index (χ1n) is 6.56. The average Bonchev–Trinajstić information content (AvgIpc) is 2.46. The zero-order valence-electron chi connectivity index (χ0n) is 11.3. The van der Waals surface area contributed by atoms with Gasteiger partial charge in [-0.25, -0.2) is 4.39 Å². The maximum atomic E-state index is 13.4. The predicted octanol–water partition coefficient (Wildman–Crippen LogP) is 4.04. The fraction of sp³-hybridized carbons (Fsp3) is 0.250. The average molecular weight is 309 g/mol. The highest BCUT2D eigenvalue weighted by Crippen LogP contribution is 2.45. The molecule has 0 saturated carbocycles. The Morgan fingerprint density at radius 2 is 2.14 bits per heavy atom. The van der Waals surface area contributed by atoms with E-state index in [1.165, 1.54) is 18.2 Å². The Labute approximate surface area is 126 Å². The molecule has 1 aliphatic heterocycles. The second kappa shape index (κ2) is 5.54. The summed E-state index contributed by atoms with van der Waals surface area (Å²) in [4.78, 5) is 0. The summed E-state index contributed by atoms with van der Waals surface area (Å²) in [6.07, 6.45) is -0.892. The van der Waals surface area contributed by atoms with Gasteiger partial charge >= 0.3 is 0 Å². The molecule has 0 aliphatic carbocycles. The van der Waals surface area contributed by atoms with Crippen molar-refractivity contribution in [3.05, 3.63) is 58.4 Å². The number of rotatable bonds is 2. The molecular weight excluding hydrogens is 295 g/mol. The third-order valence-corrected chi connectivity index (χ3v) is 3.93. The van der Waals surface area contributed by atoms with Crippen LogP contribution in [0.15, 0.2) is 36.4 Å². The number of halogens is 2. The molecule has 2 atom stereocenters. The van der Waals surface area contributed by atoms with E-state index in [9.17, 15) is 9.50 Å². The zero-order chi connectivity index (χ0) is 15.0. The van der Waals surface area contributed by atoms with E-state index in [0.29, 0.717) is 34.1 Å². The summed E-state index contributed by atoms with van der Waals surface area (Å²) in [6, 6.07) is 9.40. The van der Waals surface area contributed by atoms with E-state index >= 15 is 0 Å². The van der Waals surface area contributed by atoms with Crippen LogP contribution in [-0.2, 0) is 0 Å². The van der Waals surface area contributed by atoms with Crippen molar-refractivity contribution in [3.8, 4) is 11.5 Å². The largest absolute Gasteiger partial charge is 0.496 e. The van der Waals surface area contributed by atoms with Crippen molar-refractivity contribution in [1.29, 1.82) is 0 Å². The van der Waals surface area contributed by atoms with Crippen molar-refractivity contribution in [2.45, 2.75) is 18.6 Å². The lowest BCUT2D eigenvalue weighted by Gasteiger charge is -2.31.